The Morgan fingerprint density at radius 1 is 1.29 bits per heavy atom. The van der Waals surface area contributed by atoms with Crippen molar-refractivity contribution in [1.82, 2.24) is 4.31 Å². The molecule has 0 saturated heterocycles. The molecule has 0 fully saturated rings. The van der Waals surface area contributed by atoms with Crippen molar-refractivity contribution in [3.8, 4) is 11.8 Å². The Kier molecular flexibility index (Phi) is 6.37. The standard InChI is InChI=1S/C12H17NO5S3/c1-13(21(17,18)7-6-20(2,15)16)9-11-8-12(19-10-11)4-3-5-14/h8,10,14H,5-7,9H2,1-2H3. The third kappa shape index (κ3) is 6.58. The maximum Gasteiger partial charge on any atom is 0.215 e. The summed E-state index contributed by atoms with van der Waals surface area (Å²) in [6.45, 7) is -0.0730. The van der Waals surface area contributed by atoms with Gasteiger partial charge in [-0.25, -0.2) is 21.1 Å². The summed E-state index contributed by atoms with van der Waals surface area (Å²) < 4.78 is 47.1. The van der Waals surface area contributed by atoms with Gasteiger partial charge in [0.2, 0.25) is 10.0 Å². The van der Waals surface area contributed by atoms with Gasteiger partial charge in [-0.1, -0.05) is 11.8 Å². The Hall–Kier alpha value is -0.920. The molecule has 0 saturated carbocycles. The minimum absolute atomic E-state index is 0.156. The minimum atomic E-state index is -3.62. The predicted molar refractivity (Wildman–Crippen MR) is 83.2 cm³/mol. The van der Waals surface area contributed by atoms with Crippen LogP contribution >= 0.6 is 11.3 Å². The summed E-state index contributed by atoms with van der Waals surface area (Å²) in [5, 5.41) is 10.4. The zero-order valence-corrected chi connectivity index (χ0v) is 14.2. The summed E-state index contributed by atoms with van der Waals surface area (Å²) >= 11 is 1.36. The molecule has 0 unspecified atom stereocenters. The Balaban J connectivity index is 2.71. The summed E-state index contributed by atoms with van der Waals surface area (Å²) in [6.07, 6.45) is 1.01. The van der Waals surface area contributed by atoms with E-state index >= 15 is 0 Å². The minimum Gasteiger partial charge on any atom is -0.384 e. The summed E-state index contributed by atoms with van der Waals surface area (Å²) in [5.74, 6) is 4.44. The molecule has 1 aromatic rings. The van der Waals surface area contributed by atoms with Crippen molar-refractivity contribution in [3.05, 3.63) is 21.9 Å². The molecule has 0 aliphatic rings. The van der Waals surface area contributed by atoms with Gasteiger partial charge in [-0.05, 0) is 17.0 Å². The van der Waals surface area contributed by atoms with E-state index in [0.29, 0.717) is 0 Å². The van der Waals surface area contributed by atoms with Crippen LogP contribution in [0.4, 0.5) is 0 Å². The van der Waals surface area contributed by atoms with Gasteiger partial charge in [0, 0.05) is 19.8 Å². The van der Waals surface area contributed by atoms with Crippen LogP contribution in [-0.4, -0.2) is 57.7 Å². The fourth-order valence-corrected chi connectivity index (χ4v) is 4.90. The van der Waals surface area contributed by atoms with Crippen molar-refractivity contribution in [2.75, 3.05) is 31.4 Å². The number of rotatable bonds is 6. The highest BCUT2D eigenvalue weighted by Crippen LogP contribution is 2.16. The van der Waals surface area contributed by atoms with E-state index in [2.05, 4.69) is 11.8 Å². The molecule has 1 N–H and O–H groups in total. The van der Waals surface area contributed by atoms with Crippen molar-refractivity contribution in [2.24, 2.45) is 0 Å². The van der Waals surface area contributed by atoms with E-state index in [1.807, 2.05) is 0 Å². The molecule has 1 rings (SSSR count). The highest BCUT2D eigenvalue weighted by molar-refractivity contribution is 7.93. The van der Waals surface area contributed by atoms with Crippen LogP contribution in [0.3, 0.4) is 0 Å². The van der Waals surface area contributed by atoms with Crippen molar-refractivity contribution in [1.29, 1.82) is 0 Å². The zero-order valence-electron chi connectivity index (χ0n) is 11.7. The summed E-state index contributed by atoms with van der Waals surface area (Å²) in [5.41, 5.74) is 0.771. The van der Waals surface area contributed by atoms with Gasteiger partial charge in [-0.2, -0.15) is 0 Å². The molecule has 6 nitrogen and oxygen atoms in total. The maximum atomic E-state index is 12.0. The fraction of sp³-hybridized carbons (Fsp3) is 0.500. The number of hydrogen-bond acceptors (Lipinski definition) is 6. The van der Waals surface area contributed by atoms with Gasteiger partial charge >= 0.3 is 0 Å². The Morgan fingerprint density at radius 2 is 1.95 bits per heavy atom. The van der Waals surface area contributed by atoms with Gasteiger partial charge < -0.3 is 5.11 Å². The average molecular weight is 351 g/mol. The molecule has 0 spiro atoms. The first-order valence-corrected chi connectivity index (χ1v) is 10.5. The molecule has 0 atom stereocenters. The molecule has 21 heavy (non-hydrogen) atoms. The van der Waals surface area contributed by atoms with Gasteiger partial charge in [0.25, 0.3) is 0 Å². The number of sulfone groups is 1. The van der Waals surface area contributed by atoms with Gasteiger partial charge in [-0.15, -0.1) is 11.3 Å². The molecule has 9 heteroatoms. The first-order chi connectivity index (χ1) is 9.64. The largest absolute Gasteiger partial charge is 0.384 e. The zero-order chi connectivity index (χ0) is 16.1. The first-order valence-electron chi connectivity index (χ1n) is 5.93. The van der Waals surface area contributed by atoms with E-state index in [0.717, 1.165) is 21.0 Å². The van der Waals surface area contributed by atoms with Gasteiger partial charge in [-0.3, -0.25) is 0 Å². The Labute approximate surface area is 129 Å². The van der Waals surface area contributed by atoms with Crippen molar-refractivity contribution >= 4 is 31.2 Å². The van der Waals surface area contributed by atoms with Crippen LogP contribution < -0.4 is 0 Å². The lowest BCUT2D eigenvalue weighted by Gasteiger charge is -2.16. The average Bonchev–Trinajstić information content (AvgIpc) is 2.81. The number of hydrogen-bond donors (Lipinski definition) is 1. The second kappa shape index (κ2) is 7.38. The van der Waals surface area contributed by atoms with E-state index < -0.39 is 31.4 Å². The Bertz CT molecular complexity index is 737. The quantitative estimate of drug-likeness (QED) is 0.723. The summed E-state index contributed by atoms with van der Waals surface area (Å²) in [4.78, 5) is 0.737. The third-order valence-electron chi connectivity index (χ3n) is 2.54. The van der Waals surface area contributed by atoms with E-state index in [9.17, 15) is 16.8 Å². The lowest BCUT2D eigenvalue weighted by Crippen LogP contribution is -2.31. The molecule has 0 radical (unpaired) electrons. The maximum absolute atomic E-state index is 12.0. The molecular weight excluding hydrogens is 334 g/mol. The summed E-state index contributed by atoms with van der Waals surface area (Å²) in [7, 11) is -5.52. The fourth-order valence-electron chi connectivity index (χ4n) is 1.42. The van der Waals surface area contributed by atoms with Crippen molar-refractivity contribution in [2.45, 2.75) is 6.54 Å². The molecule has 0 aliphatic heterocycles. The van der Waals surface area contributed by atoms with Gasteiger partial charge in [0.1, 0.15) is 16.4 Å². The number of aliphatic hydroxyl groups excluding tert-OH is 1. The monoisotopic (exact) mass is 351 g/mol. The SMILES string of the molecule is CN(Cc1csc(C#CCO)c1)S(=O)(=O)CCS(C)(=O)=O. The van der Waals surface area contributed by atoms with Gasteiger partial charge in [0.15, 0.2) is 0 Å². The number of sulfonamides is 1. The predicted octanol–water partition coefficient (Wildman–Crippen LogP) is -0.102. The topological polar surface area (TPSA) is 91.8 Å². The van der Waals surface area contributed by atoms with Crippen LogP contribution in [0.2, 0.25) is 0 Å². The summed E-state index contributed by atoms with van der Waals surface area (Å²) in [6, 6.07) is 1.75. The number of nitrogens with zero attached hydrogens (tertiary/aromatic N) is 1. The molecule has 0 aromatic carbocycles. The third-order valence-corrected chi connectivity index (χ3v) is 6.43. The van der Waals surface area contributed by atoms with Gasteiger partial charge in [0.05, 0.1) is 16.4 Å². The van der Waals surface area contributed by atoms with Crippen LogP contribution in [0.25, 0.3) is 0 Å². The number of thiophene rings is 1. The molecule has 0 bridgehead atoms. The second-order valence-corrected chi connectivity index (χ2v) is 9.85. The van der Waals surface area contributed by atoms with E-state index in [-0.39, 0.29) is 13.2 Å². The smallest absolute Gasteiger partial charge is 0.215 e. The molecule has 118 valence electrons. The molecule has 1 aromatic heterocycles. The normalized spacial score (nSPS) is 12.2. The van der Waals surface area contributed by atoms with Crippen LogP contribution in [0.1, 0.15) is 10.4 Å². The van der Waals surface area contributed by atoms with Crippen LogP contribution in [0.5, 0.6) is 0 Å². The van der Waals surface area contributed by atoms with Crippen LogP contribution in [-0.2, 0) is 26.4 Å². The van der Waals surface area contributed by atoms with E-state index in [4.69, 9.17) is 5.11 Å². The van der Waals surface area contributed by atoms with Crippen LogP contribution in [0.15, 0.2) is 11.4 Å². The van der Waals surface area contributed by atoms with Crippen molar-refractivity contribution in [3.63, 3.8) is 0 Å². The number of aliphatic hydroxyl groups is 1. The Morgan fingerprint density at radius 3 is 2.52 bits per heavy atom. The second-order valence-electron chi connectivity index (χ2n) is 4.48. The highest BCUT2D eigenvalue weighted by Gasteiger charge is 2.20. The van der Waals surface area contributed by atoms with E-state index in [1.54, 1.807) is 11.4 Å². The molecule has 0 amide bonds. The highest BCUT2D eigenvalue weighted by atomic mass is 32.2. The molecule has 0 aliphatic carbocycles. The first kappa shape index (κ1) is 18.1. The lowest BCUT2D eigenvalue weighted by molar-refractivity contribution is 0.350. The van der Waals surface area contributed by atoms with E-state index in [1.165, 1.54) is 18.4 Å². The molecular formula is C12H17NO5S3. The molecule has 1 heterocycles. The lowest BCUT2D eigenvalue weighted by atomic mass is 10.3. The van der Waals surface area contributed by atoms with Crippen molar-refractivity contribution < 1.29 is 21.9 Å². The van der Waals surface area contributed by atoms with Crippen LogP contribution in [0, 0.1) is 11.8 Å².